The molecule has 12 heavy (non-hydrogen) atoms. The van der Waals surface area contributed by atoms with Crippen molar-refractivity contribution in [3.63, 3.8) is 0 Å². The molecular weight excluding hydrogens is 225 g/mol. The van der Waals surface area contributed by atoms with Crippen molar-refractivity contribution in [1.29, 1.82) is 0 Å². The Kier molecular flexibility index (Phi) is 7.86. The zero-order valence-corrected chi connectivity index (χ0v) is 12.1. The third-order valence-electron chi connectivity index (χ3n) is 2.84. The Morgan fingerprint density at radius 1 is 0.917 bits per heavy atom. The van der Waals surface area contributed by atoms with Gasteiger partial charge in [0.15, 0.2) is 0 Å². The molecule has 0 spiro atoms. The Balaban J connectivity index is 3.76. The molecule has 0 aliphatic heterocycles. The van der Waals surface area contributed by atoms with Crippen LogP contribution in [0.3, 0.4) is 0 Å². The number of unbranched alkanes of at least 4 members (excludes halogenated alkanes) is 1. The van der Waals surface area contributed by atoms with Crippen molar-refractivity contribution in [3.05, 3.63) is 0 Å². The number of hydrogen-bond donors (Lipinski definition) is 0. The van der Waals surface area contributed by atoms with Crippen molar-refractivity contribution < 1.29 is 0 Å². The van der Waals surface area contributed by atoms with Crippen LogP contribution in [0, 0.1) is 0 Å². The third kappa shape index (κ3) is 4.22. The molecule has 0 aromatic rings. The fraction of sp³-hybridized carbons (Fsp3) is 1.00. The summed E-state index contributed by atoms with van der Waals surface area (Å²) in [5.41, 5.74) is 0. The summed E-state index contributed by atoms with van der Waals surface area (Å²) in [5, 5.41) is 4.55. The van der Waals surface area contributed by atoms with Crippen molar-refractivity contribution in [2.45, 2.75) is 56.3 Å². The number of hydrogen-bond acceptors (Lipinski definition) is 1. The van der Waals surface area contributed by atoms with Crippen LogP contribution in [0.2, 0.25) is 15.8 Å². The van der Waals surface area contributed by atoms with E-state index in [0.29, 0.717) is 0 Å². The van der Waals surface area contributed by atoms with Crippen molar-refractivity contribution in [3.8, 4) is 0 Å². The molecule has 0 heterocycles. The molecule has 0 atom stereocenters. The number of rotatable bonds is 7. The fourth-order valence-corrected chi connectivity index (χ4v) is 13.6. The molecule has 0 fully saturated rings. The van der Waals surface area contributed by atoms with Crippen LogP contribution in [0.5, 0.6) is 0 Å². The molecule has 0 aromatic carbocycles. The van der Waals surface area contributed by atoms with Gasteiger partial charge in [0.2, 0.25) is 0 Å². The van der Waals surface area contributed by atoms with Crippen LogP contribution in [0.1, 0.15) is 40.5 Å². The van der Waals surface area contributed by atoms with E-state index in [1.807, 2.05) is 0 Å². The Labute approximate surface area is 84.3 Å². The minimum absolute atomic E-state index is 1.34. The summed E-state index contributed by atoms with van der Waals surface area (Å²) in [6, 6.07) is 0. The van der Waals surface area contributed by atoms with Gasteiger partial charge in [-0.15, -0.1) is 0 Å². The van der Waals surface area contributed by atoms with Gasteiger partial charge in [0, 0.05) is 0 Å². The first kappa shape index (κ1) is 12.9. The van der Waals surface area contributed by atoms with Crippen LogP contribution >= 0.6 is 10.1 Å². The molecule has 0 aliphatic rings. The molecule has 0 unspecified atom stereocenters. The summed E-state index contributed by atoms with van der Waals surface area (Å²) in [6.45, 7) is 9.52. The summed E-state index contributed by atoms with van der Waals surface area (Å²) in [6.07, 6.45) is 2.79. The molecular formula is C10H24GeS. The third-order valence-corrected chi connectivity index (χ3v) is 21.7. The molecule has 0 aliphatic carbocycles. The minimum atomic E-state index is -1.34. The first-order chi connectivity index (χ1) is 5.74. The van der Waals surface area contributed by atoms with E-state index >= 15 is 0 Å². The molecule has 0 nitrogen and oxygen atoms in total. The van der Waals surface area contributed by atoms with Gasteiger partial charge in [-0.1, -0.05) is 0 Å². The maximum absolute atomic E-state index is 2.41. The summed E-state index contributed by atoms with van der Waals surface area (Å²) in [7, 11) is 2.38. The summed E-state index contributed by atoms with van der Waals surface area (Å²) in [5.74, 6) is 1.44. The normalized spacial score (nSPS) is 12.0. The van der Waals surface area contributed by atoms with Crippen LogP contribution in [-0.4, -0.2) is 17.9 Å². The Morgan fingerprint density at radius 2 is 1.42 bits per heavy atom. The average Bonchev–Trinajstić information content (AvgIpc) is 2.14. The molecule has 0 rings (SSSR count). The second kappa shape index (κ2) is 7.31. The standard InChI is InChI=1S/C10H24GeS/c1-5-9-10-12-11(6-2,7-3)8-4/h5-10H2,1-4H3. The van der Waals surface area contributed by atoms with Gasteiger partial charge >= 0.3 is 84.3 Å². The Bertz CT molecular complexity index is 91.7. The molecule has 0 saturated heterocycles. The maximum atomic E-state index is 2.41. The van der Waals surface area contributed by atoms with Gasteiger partial charge in [-0.2, -0.15) is 0 Å². The zero-order valence-electron chi connectivity index (χ0n) is 9.15. The summed E-state index contributed by atoms with van der Waals surface area (Å²) in [4.78, 5) is 0. The van der Waals surface area contributed by atoms with Gasteiger partial charge in [-0.3, -0.25) is 0 Å². The summed E-state index contributed by atoms with van der Waals surface area (Å²) >= 11 is -1.34. The van der Waals surface area contributed by atoms with Crippen LogP contribution in [0.4, 0.5) is 0 Å². The van der Waals surface area contributed by atoms with Crippen LogP contribution in [0.25, 0.3) is 0 Å². The molecule has 0 radical (unpaired) electrons. The van der Waals surface area contributed by atoms with Crippen molar-refractivity contribution in [2.75, 3.05) is 5.75 Å². The van der Waals surface area contributed by atoms with E-state index in [4.69, 9.17) is 0 Å². The van der Waals surface area contributed by atoms with Gasteiger partial charge in [0.1, 0.15) is 0 Å². The van der Waals surface area contributed by atoms with Gasteiger partial charge in [-0.25, -0.2) is 0 Å². The molecule has 0 aromatic heterocycles. The SMILES string of the molecule is CCCC[S][Ge]([CH2]C)([CH2]C)[CH2]C. The van der Waals surface area contributed by atoms with Crippen molar-refractivity contribution >= 4 is 22.2 Å². The van der Waals surface area contributed by atoms with Crippen molar-refractivity contribution in [2.24, 2.45) is 0 Å². The van der Waals surface area contributed by atoms with Crippen LogP contribution < -0.4 is 0 Å². The molecule has 0 amide bonds. The topological polar surface area (TPSA) is 0 Å². The average molecular weight is 249 g/mol. The van der Waals surface area contributed by atoms with Crippen LogP contribution in [-0.2, 0) is 0 Å². The molecule has 0 N–H and O–H groups in total. The van der Waals surface area contributed by atoms with E-state index in [2.05, 4.69) is 37.8 Å². The molecule has 74 valence electrons. The summed E-state index contributed by atoms with van der Waals surface area (Å²) < 4.78 is 0. The Morgan fingerprint density at radius 3 is 1.75 bits per heavy atom. The second-order valence-electron chi connectivity index (χ2n) is 3.45. The van der Waals surface area contributed by atoms with E-state index in [1.165, 1.54) is 34.4 Å². The van der Waals surface area contributed by atoms with Gasteiger partial charge < -0.3 is 0 Å². The van der Waals surface area contributed by atoms with Gasteiger partial charge in [-0.05, 0) is 0 Å². The molecule has 0 bridgehead atoms. The van der Waals surface area contributed by atoms with Gasteiger partial charge in [0.05, 0.1) is 0 Å². The van der Waals surface area contributed by atoms with E-state index in [1.54, 1.807) is 0 Å². The predicted molar refractivity (Wildman–Crippen MR) is 64.6 cm³/mol. The van der Waals surface area contributed by atoms with E-state index in [9.17, 15) is 0 Å². The predicted octanol–water partition coefficient (Wildman–Crippen LogP) is 4.52. The quantitative estimate of drug-likeness (QED) is 0.472. The molecule has 2 heteroatoms. The zero-order chi connectivity index (χ0) is 9.45. The molecule has 0 saturated carbocycles. The van der Waals surface area contributed by atoms with E-state index in [0.717, 1.165) is 0 Å². The van der Waals surface area contributed by atoms with E-state index in [-0.39, 0.29) is 0 Å². The monoisotopic (exact) mass is 250 g/mol. The second-order valence-corrected chi connectivity index (χ2v) is 19.9. The fourth-order valence-electron chi connectivity index (χ4n) is 1.49. The first-order valence-corrected chi connectivity index (χ1v) is 13.4. The van der Waals surface area contributed by atoms with Gasteiger partial charge in [0.25, 0.3) is 0 Å². The Hall–Kier alpha value is 0.893. The van der Waals surface area contributed by atoms with Crippen molar-refractivity contribution in [1.82, 2.24) is 0 Å². The van der Waals surface area contributed by atoms with E-state index < -0.39 is 12.1 Å². The first-order valence-electron chi connectivity index (χ1n) is 5.38. The van der Waals surface area contributed by atoms with Crippen LogP contribution in [0.15, 0.2) is 0 Å².